The molecule has 1 N–H and O–H groups in total. The van der Waals surface area contributed by atoms with Crippen molar-refractivity contribution in [2.75, 3.05) is 5.01 Å². The molecule has 0 aromatic heterocycles. The van der Waals surface area contributed by atoms with E-state index in [4.69, 9.17) is 0 Å². The number of nitrogens with one attached hydrogen (secondary N) is 1. The van der Waals surface area contributed by atoms with Crippen LogP contribution in [0.5, 0.6) is 0 Å². The number of benzene rings is 1. The number of amidine groups is 1. The fourth-order valence-corrected chi connectivity index (χ4v) is 4.79. The topological polar surface area (TPSA) is 61.8 Å². The predicted octanol–water partition coefficient (Wildman–Crippen LogP) is 8.00. The third-order valence-electron chi connectivity index (χ3n) is 6.92. The van der Waals surface area contributed by atoms with Crippen molar-refractivity contribution in [3.05, 3.63) is 30.3 Å². The van der Waals surface area contributed by atoms with Crippen molar-refractivity contribution in [2.24, 2.45) is 16.9 Å². The Morgan fingerprint density at radius 1 is 0.829 bits per heavy atom. The highest BCUT2D eigenvalue weighted by molar-refractivity contribution is 6.18. The molecule has 5 nitrogen and oxygen atoms in total. The number of carbonyl (C=O) groups excluding carboxylic acids is 2. The maximum Gasteiger partial charge on any atom is 0.258 e. The molecule has 0 radical (unpaired) electrons. The first-order valence-corrected chi connectivity index (χ1v) is 14.3. The number of para-hydroxylation sites is 1. The van der Waals surface area contributed by atoms with Gasteiger partial charge in [0.1, 0.15) is 11.8 Å². The van der Waals surface area contributed by atoms with E-state index in [0.717, 1.165) is 18.5 Å². The molecule has 1 atom stereocenters. The fraction of sp³-hybridized carbons (Fsp3) is 0.700. The van der Waals surface area contributed by atoms with Crippen molar-refractivity contribution >= 4 is 23.3 Å². The average molecular weight is 484 g/mol. The number of hydrazone groups is 1. The van der Waals surface area contributed by atoms with Crippen LogP contribution < -0.4 is 10.3 Å². The second-order valence-corrected chi connectivity index (χ2v) is 10.4. The van der Waals surface area contributed by atoms with Crippen LogP contribution in [0.15, 0.2) is 35.4 Å². The van der Waals surface area contributed by atoms with E-state index in [1.54, 1.807) is 0 Å². The summed E-state index contributed by atoms with van der Waals surface area (Å²) in [5.41, 5.74) is 0.731. The molecular weight excluding hydrogens is 434 g/mol. The van der Waals surface area contributed by atoms with Gasteiger partial charge in [-0.25, -0.2) is 0 Å². The second-order valence-electron chi connectivity index (χ2n) is 10.4. The van der Waals surface area contributed by atoms with Gasteiger partial charge in [-0.1, -0.05) is 129 Å². The second kappa shape index (κ2) is 17.3. The minimum Gasteiger partial charge on any atom is -0.312 e. The Morgan fingerprint density at radius 2 is 1.31 bits per heavy atom. The number of hydrogen-bond acceptors (Lipinski definition) is 3. The fourth-order valence-electron chi connectivity index (χ4n) is 4.79. The predicted molar refractivity (Wildman–Crippen MR) is 147 cm³/mol. The maximum absolute atomic E-state index is 12.9. The molecular formula is C30H49N3O2. The van der Waals surface area contributed by atoms with E-state index in [9.17, 15) is 9.59 Å². The molecule has 2 amide bonds. The van der Waals surface area contributed by atoms with Gasteiger partial charge < -0.3 is 5.32 Å². The number of unbranched alkanes of at least 4 members (excludes halogenated alkanes) is 14. The lowest BCUT2D eigenvalue weighted by Gasteiger charge is -2.17. The van der Waals surface area contributed by atoms with Crippen molar-refractivity contribution in [1.29, 1.82) is 0 Å². The van der Waals surface area contributed by atoms with Crippen LogP contribution in [-0.4, -0.2) is 17.6 Å². The van der Waals surface area contributed by atoms with Crippen LogP contribution in [-0.2, 0) is 9.59 Å². The number of nitrogens with zero attached hydrogens (tertiary/aromatic N) is 2. The van der Waals surface area contributed by atoms with E-state index >= 15 is 0 Å². The van der Waals surface area contributed by atoms with Crippen LogP contribution in [0.25, 0.3) is 0 Å². The van der Waals surface area contributed by atoms with Crippen LogP contribution in [0.3, 0.4) is 0 Å². The summed E-state index contributed by atoms with van der Waals surface area (Å²) < 4.78 is 0. The Bertz CT molecular complexity index is 760. The zero-order valence-corrected chi connectivity index (χ0v) is 22.6. The summed E-state index contributed by atoms with van der Waals surface area (Å²) in [6.45, 7) is 6.26. The third kappa shape index (κ3) is 11.0. The molecule has 0 saturated carbocycles. The van der Waals surface area contributed by atoms with E-state index < -0.39 is 5.92 Å². The minimum atomic E-state index is -0.403. The summed E-state index contributed by atoms with van der Waals surface area (Å²) in [5, 5.41) is 8.83. The summed E-state index contributed by atoms with van der Waals surface area (Å²) in [4.78, 5) is 25.4. The zero-order valence-electron chi connectivity index (χ0n) is 22.6. The lowest BCUT2D eigenvalue weighted by atomic mass is 9.94. The maximum atomic E-state index is 12.9. The average Bonchev–Trinajstić information content (AvgIpc) is 3.17. The van der Waals surface area contributed by atoms with Gasteiger partial charge in [0.15, 0.2) is 0 Å². The van der Waals surface area contributed by atoms with Gasteiger partial charge in [-0.05, 0) is 24.5 Å². The van der Waals surface area contributed by atoms with Gasteiger partial charge in [-0.2, -0.15) is 10.1 Å². The van der Waals surface area contributed by atoms with Crippen molar-refractivity contribution < 1.29 is 9.59 Å². The molecule has 196 valence electrons. The van der Waals surface area contributed by atoms with Gasteiger partial charge in [-0.3, -0.25) is 9.59 Å². The van der Waals surface area contributed by atoms with Crippen LogP contribution in [0.1, 0.15) is 124 Å². The molecule has 0 saturated heterocycles. The first-order chi connectivity index (χ1) is 17.0. The molecule has 0 spiro atoms. The molecule has 0 bridgehead atoms. The van der Waals surface area contributed by atoms with Crippen LogP contribution in [0.2, 0.25) is 0 Å². The van der Waals surface area contributed by atoms with Gasteiger partial charge in [0.05, 0.1) is 5.69 Å². The van der Waals surface area contributed by atoms with E-state index in [0.29, 0.717) is 12.3 Å². The Kier molecular flexibility index (Phi) is 14.4. The standard InChI is InChI=1S/C30H49N3O2/c1-4-5-6-7-8-9-10-11-12-13-14-15-16-17-21-24-27(34)31-29-28(25(2)3)30(35)33(32-29)26-22-19-18-20-23-26/h18-20,22-23,25,28H,4-17,21,24H2,1-3H3,(H,31,32,34)/t28-/m1/s1. The number of anilines is 1. The molecule has 5 heteroatoms. The molecule has 0 unspecified atom stereocenters. The highest BCUT2D eigenvalue weighted by Crippen LogP contribution is 2.27. The summed E-state index contributed by atoms with van der Waals surface area (Å²) in [6.07, 6.45) is 20.1. The SMILES string of the molecule is CCCCCCCCCCCCCCCCCC(=O)NC1=NN(c2ccccc2)C(=O)[C@@H]1C(C)C. The highest BCUT2D eigenvalue weighted by atomic mass is 16.2. The monoisotopic (exact) mass is 483 g/mol. The molecule has 1 aromatic rings. The molecule has 1 aliphatic heterocycles. The minimum absolute atomic E-state index is 0.0354. The Balaban J connectivity index is 1.54. The van der Waals surface area contributed by atoms with Crippen LogP contribution in [0, 0.1) is 11.8 Å². The molecule has 35 heavy (non-hydrogen) atoms. The molecule has 0 fully saturated rings. The van der Waals surface area contributed by atoms with E-state index in [1.165, 1.54) is 88.5 Å². The summed E-state index contributed by atoms with van der Waals surface area (Å²) >= 11 is 0. The molecule has 1 aliphatic rings. The van der Waals surface area contributed by atoms with Gasteiger partial charge in [0.25, 0.3) is 5.91 Å². The number of carbonyl (C=O) groups is 2. The lowest BCUT2D eigenvalue weighted by Crippen LogP contribution is -2.39. The van der Waals surface area contributed by atoms with Crippen molar-refractivity contribution in [3.8, 4) is 0 Å². The normalized spacial score (nSPS) is 15.7. The number of amides is 2. The zero-order chi connectivity index (χ0) is 25.3. The van der Waals surface area contributed by atoms with Gasteiger partial charge in [0.2, 0.25) is 5.91 Å². The van der Waals surface area contributed by atoms with Gasteiger partial charge >= 0.3 is 0 Å². The first kappa shape index (κ1) is 29.1. The van der Waals surface area contributed by atoms with E-state index in [2.05, 4.69) is 17.3 Å². The van der Waals surface area contributed by atoms with Crippen molar-refractivity contribution in [3.63, 3.8) is 0 Å². The summed E-state index contributed by atoms with van der Waals surface area (Å²) in [6, 6.07) is 9.40. The van der Waals surface area contributed by atoms with E-state index in [-0.39, 0.29) is 17.7 Å². The van der Waals surface area contributed by atoms with Gasteiger partial charge in [-0.15, -0.1) is 0 Å². The van der Waals surface area contributed by atoms with Crippen molar-refractivity contribution in [1.82, 2.24) is 5.32 Å². The number of rotatable bonds is 18. The lowest BCUT2D eigenvalue weighted by molar-refractivity contribution is -0.120. The highest BCUT2D eigenvalue weighted by Gasteiger charge is 2.39. The van der Waals surface area contributed by atoms with Gasteiger partial charge in [0, 0.05) is 6.42 Å². The summed E-state index contributed by atoms with van der Waals surface area (Å²) in [5.74, 6) is 0.0429. The quantitative estimate of drug-likeness (QED) is 0.215. The summed E-state index contributed by atoms with van der Waals surface area (Å²) in [7, 11) is 0. The molecule has 0 aliphatic carbocycles. The Labute approximate surface area is 214 Å². The molecule has 1 heterocycles. The first-order valence-electron chi connectivity index (χ1n) is 14.3. The Hall–Kier alpha value is -2.17. The third-order valence-corrected chi connectivity index (χ3v) is 6.92. The van der Waals surface area contributed by atoms with Crippen LogP contribution in [0.4, 0.5) is 5.69 Å². The smallest absolute Gasteiger partial charge is 0.258 e. The van der Waals surface area contributed by atoms with E-state index in [1.807, 2.05) is 44.2 Å². The van der Waals surface area contributed by atoms with Crippen molar-refractivity contribution in [2.45, 2.75) is 124 Å². The Morgan fingerprint density at radius 3 is 1.80 bits per heavy atom. The molecule has 1 aromatic carbocycles. The number of hydrogen-bond donors (Lipinski definition) is 1. The largest absolute Gasteiger partial charge is 0.312 e. The van der Waals surface area contributed by atoms with Crippen LogP contribution >= 0.6 is 0 Å². The molecule has 2 rings (SSSR count).